The van der Waals surface area contributed by atoms with E-state index in [2.05, 4.69) is 27.2 Å². The molecule has 1 fully saturated rings. The molecule has 0 saturated carbocycles. The molecule has 0 aromatic heterocycles. The number of fused-ring (bicyclic) bond motifs is 1. The van der Waals surface area contributed by atoms with E-state index >= 15 is 0 Å². The number of anilines is 2. The Bertz CT molecular complexity index is 838. The lowest BCUT2D eigenvalue weighted by Gasteiger charge is -2.36. The van der Waals surface area contributed by atoms with Crippen molar-refractivity contribution in [3.63, 3.8) is 0 Å². The molecule has 7 heteroatoms. The highest BCUT2D eigenvalue weighted by molar-refractivity contribution is 6.30. The van der Waals surface area contributed by atoms with E-state index in [-0.39, 0.29) is 30.0 Å². The standard InChI is InChI=1S/C22H25ClFN3O.ClH/c23-16-4-7-18(8-5-16)27-13-11-26(12-14-27)10-2-1-3-20-19-9-6-17(24)15-21(19)25-22(20)28;/h4-9,15,20H,1-3,10-14H2,(H,25,28);1H. The van der Waals surface area contributed by atoms with Gasteiger partial charge in [-0.25, -0.2) is 4.39 Å². The predicted octanol–water partition coefficient (Wildman–Crippen LogP) is 4.93. The van der Waals surface area contributed by atoms with Crippen LogP contribution in [0.4, 0.5) is 15.8 Å². The van der Waals surface area contributed by atoms with E-state index in [1.54, 1.807) is 6.07 Å². The van der Waals surface area contributed by atoms with Crippen molar-refractivity contribution >= 4 is 41.3 Å². The number of carbonyl (C=O) groups excluding carboxylic acids is 1. The van der Waals surface area contributed by atoms with Gasteiger partial charge >= 0.3 is 0 Å². The van der Waals surface area contributed by atoms with Crippen molar-refractivity contribution in [2.75, 3.05) is 42.9 Å². The Balaban J connectivity index is 0.00000240. The summed E-state index contributed by atoms with van der Waals surface area (Å²) in [7, 11) is 0. The zero-order valence-corrected chi connectivity index (χ0v) is 17.8. The zero-order chi connectivity index (χ0) is 19.5. The normalized spacial score (nSPS) is 18.9. The van der Waals surface area contributed by atoms with Crippen LogP contribution in [-0.4, -0.2) is 43.5 Å². The summed E-state index contributed by atoms with van der Waals surface area (Å²) < 4.78 is 13.3. The van der Waals surface area contributed by atoms with Crippen LogP contribution in [0.5, 0.6) is 0 Å². The minimum atomic E-state index is -0.308. The molecule has 1 N–H and O–H groups in total. The molecule has 0 aliphatic carbocycles. The van der Waals surface area contributed by atoms with Gasteiger partial charge in [-0.2, -0.15) is 0 Å². The van der Waals surface area contributed by atoms with E-state index < -0.39 is 0 Å². The number of hydrogen-bond acceptors (Lipinski definition) is 3. The number of hydrogen-bond donors (Lipinski definition) is 1. The number of carbonyl (C=O) groups is 1. The van der Waals surface area contributed by atoms with E-state index in [1.807, 2.05) is 12.1 Å². The van der Waals surface area contributed by atoms with Crippen molar-refractivity contribution in [3.8, 4) is 0 Å². The molecular weight excluding hydrogens is 412 g/mol. The van der Waals surface area contributed by atoms with E-state index in [9.17, 15) is 9.18 Å². The van der Waals surface area contributed by atoms with Crippen LogP contribution in [0.1, 0.15) is 30.7 Å². The molecular formula is C22H26Cl2FN3O. The Kier molecular flexibility index (Phi) is 7.38. The second-order valence-electron chi connectivity index (χ2n) is 7.57. The largest absolute Gasteiger partial charge is 0.369 e. The Hall–Kier alpha value is -1.82. The fraction of sp³-hybridized carbons (Fsp3) is 0.409. The molecule has 1 unspecified atom stereocenters. The van der Waals surface area contributed by atoms with Crippen molar-refractivity contribution in [3.05, 3.63) is 58.9 Å². The number of nitrogens with one attached hydrogen (secondary N) is 1. The van der Waals surface area contributed by atoms with Crippen molar-refractivity contribution in [2.45, 2.75) is 25.2 Å². The second kappa shape index (κ2) is 9.79. The van der Waals surface area contributed by atoms with Crippen LogP contribution in [0.2, 0.25) is 5.02 Å². The number of amides is 1. The molecule has 29 heavy (non-hydrogen) atoms. The average Bonchev–Trinajstić information content (AvgIpc) is 3.00. The molecule has 2 heterocycles. The Morgan fingerprint density at radius 2 is 1.76 bits per heavy atom. The Labute approximate surface area is 182 Å². The summed E-state index contributed by atoms with van der Waals surface area (Å²) in [5, 5.41) is 3.57. The van der Waals surface area contributed by atoms with Gasteiger partial charge in [0.05, 0.1) is 5.92 Å². The van der Waals surface area contributed by atoms with Crippen molar-refractivity contribution in [1.82, 2.24) is 4.90 Å². The molecule has 0 bridgehead atoms. The van der Waals surface area contributed by atoms with Gasteiger partial charge in [0, 0.05) is 42.6 Å². The van der Waals surface area contributed by atoms with Crippen LogP contribution in [0.25, 0.3) is 0 Å². The maximum Gasteiger partial charge on any atom is 0.232 e. The van der Waals surface area contributed by atoms with Gasteiger partial charge in [0.2, 0.25) is 5.91 Å². The monoisotopic (exact) mass is 437 g/mol. The maximum absolute atomic E-state index is 13.3. The van der Waals surface area contributed by atoms with Crippen LogP contribution < -0.4 is 10.2 Å². The van der Waals surface area contributed by atoms with Crippen LogP contribution in [0, 0.1) is 5.82 Å². The third kappa shape index (κ3) is 5.21. The van der Waals surface area contributed by atoms with Crippen molar-refractivity contribution in [2.24, 2.45) is 0 Å². The summed E-state index contributed by atoms with van der Waals surface area (Å²) in [6.07, 6.45) is 2.88. The minimum Gasteiger partial charge on any atom is -0.369 e. The van der Waals surface area contributed by atoms with Crippen LogP contribution in [0.3, 0.4) is 0 Å². The molecule has 0 spiro atoms. The summed E-state index contributed by atoms with van der Waals surface area (Å²) in [5.74, 6) is -0.452. The first-order valence-corrected chi connectivity index (χ1v) is 10.3. The van der Waals surface area contributed by atoms with Gasteiger partial charge in [-0.1, -0.05) is 24.1 Å². The average molecular weight is 438 g/mol. The summed E-state index contributed by atoms with van der Waals surface area (Å²) in [6, 6.07) is 12.6. The smallest absolute Gasteiger partial charge is 0.232 e. The van der Waals surface area contributed by atoms with Crippen LogP contribution >= 0.6 is 24.0 Å². The fourth-order valence-electron chi connectivity index (χ4n) is 4.15. The van der Waals surface area contributed by atoms with Gasteiger partial charge in [0.1, 0.15) is 5.82 Å². The molecule has 1 atom stereocenters. The lowest BCUT2D eigenvalue weighted by molar-refractivity contribution is -0.117. The highest BCUT2D eigenvalue weighted by atomic mass is 35.5. The minimum absolute atomic E-state index is 0. The zero-order valence-electron chi connectivity index (χ0n) is 16.2. The van der Waals surface area contributed by atoms with E-state index in [0.29, 0.717) is 5.69 Å². The fourth-order valence-corrected chi connectivity index (χ4v) is 4.28. The molecule has 4 rings (SSSR count). The third-order valence-corrected chi connectivity index (χ3v) is 6.00. The van der Waals surface area contributed by atoms with Crippen molar-refractivity contribution in [1.29, 1.82) is 0 Å². The quantitative estimate of drug-likeness (QED) is 0.650. The number of rotatable bonds is 6. The third-order valence-electron chi connectivity index (χ3n) is 5.75. The molecule has 1 saturated heterocycles. The predicted molar refractivity (Wildman–Crippen MR) is 119 cm³/mol. The molecule has 2 aliphatic rings. The van der Waals surface area contributed by atoms with Crippen LogP contribution in [0.15, 0.2) is 42.5 Å². The van der Waals surface area contributed by atoms with Gasteiger partial charge in [-0.05, 0) is 61.3 Å². The topological polar surface area (TPSA) is 35.6 Å². The van der Waals surface area contributed by atoms with Gasteiger partial charge in [-0.15, -0.1) is 12.4 Å². The molecule has 4 nitrogen and oxygen atoms in total. The number of nitrogens with zero attached hydrogens (tertiary/aromatic N) is 2. The van der Waals surface area contributed by atoms with Gasteiger partial charge in [0.15, 0.2) is 0 Å². The highest BCUT2D eigenvalue weighted by Crippen LogP contribution is 2.36. The van der Waals surface area contributed by atoms with Gasteiger partial charge in [-0.3, -0.25) is 9.69 Å². The molecule has 1 amide bonds. The molecule has 156 valence electrons. The van der Waals surface area contributed by atoms with Gasteiger partial charge in [0.25, 0.3) is 0 Å². The molecule has 2 aromatic rings. The summed E-state index contributed by atoms with van der Waals surface area (Å²) in [5.41, 5.74) is 2.79. The first-order valence-electron chi connectivity index (χ1n) is 9.93. The molecule has 2 aromatic carbocycles. The Morgan fingerprint density at radius 1 is 1.03 bits per heavy atom. The van der Waals surface area contributed by atoms with E-state index in [1.165, 1.54) is 17.8 Å². The second-order valence-corrected chi connectivity index (χ2v) is 8.01. The Morgan fingerprint density at radius 3 is 2.48 bits per heavy atom. The van der Waals surface area contributed by atoms with Crippen LogP contribution in [-0.2, 0) is 4.79 Å². The van der Waals surface area contributed by atoms with Gasteiger partial charge < -0.3 is 10.2 Å². The lowest BCUT2D eigenvalue weighted by atomic mass is 9.95. The summed E-state index contributed by atoms with van der Waals surface area (Å²) in [4.78, 5) is 17.1. The number of unbranched alkanes of at least 4 members (excludes halogenated alkanes) is 1. The summed E-state index contributed by atoms with van der Waals surface area (Å²) >= 11 is 5.97. The molecule has 0 radical (unpaired) electrons. The molecule has 2 aliphatic heterocycles. The highest BCUT2D eigenvalue weighted by Gasteiger charge is 2.30. The SMILES string of the molecule is Cl.O=C1Nc2cc(F)ccc2C1CCCCN1CCN(c2ccc(Cl)cc2)CC1. The van der Waals surface area contributed by atoms with E-state index in [0.717, 1.165) is 62.6 Å². The summed E-state index contributed by atoms with van der Waals surface area (Å²) in [6.45, 7) is 5.19. The number of benzene rings is 2. The maximum atomic E-state index is 13.3. The first kappa shape index (κ1) is 21.9. The van der Waals surface area contributed by atoms with Crippen molar-refractivity contribution < 1.29 is 9.18 Å². The van der Waals surface area contributed by atoms with E-state index in [4.69, 9.17) is 11.6 Å². The number of piperazine rings is 1. The first-order chi connectivity index (χ1) is 13.6. The number of halogens is 3. The lowest BCUT2D eigenvalue weighted by Crippen LogP contribution is -2.46.